The van der Waals surface area contributed by atoms with Gasteiger partial charge in [0, 0.05) is 0 Å². The van der Waals surface area contributed by atoms with Crippen molar-refractivity contribution < 1.29 is 23.1 Å². The van der Waals surface area contributed by atoms with Crippen molar-refractivity contribution in [3.8, 4) is 0 Å². The molecule has 0 radical (unpaired) electrons. The van der Waals surface area contributed by atoms with E-state index in [1.165, 1.54) is 270 Å². The number of rotatable bonds is 45. The molecule has 0 atom stereocenters. The molecule has 0 aliphatic heterocycles. The Balaban J connectivity index is -0.0000115. The summed E-state index contributed by atoms with van der Waals surface area (Å²) in [7, 11) is 0. The van der Waals surface area contributed by atoms with Gasteiger partial charge in [0.05, 0.1) is 0 Å². The molecule has 0 bridgehead atoms. The average molecular weight is 799 g/mol. The molecule has 0 N–H and O–H groups in total. The van der Waals surface area contributed by atoms with Crippen LogP contribution in [0, 0.1) is 0 Å². The zero-order chi connectivity index (χ0) is 35.4. The van der Waals surface area contributed by atoms with E-state index in [9.17, 15) is 0 Å². The molecule has 0 aliphatic carbocycles. The van der Waals surface area contributed by atoms with Crippen LogP contribution in [0.3, 0.4) is 0 Å². The van der Waals surface area contributed by atoms with Gasteiger partial charge in [-0.1, -0.05) is 90.9 Å². The number of halogens is 2. The molecule has 0 spiro atoms. The average Bonchev–Trinajstić information content (AvgIpc) is 3.11. The minimum absolute atomic E-state index is 0. The summed E-state index contributed by atoms with van der Waals surface area (Å²) in [6.45, 7) is 10.6. The van der Waals surface area contributed by atoms with Gasteiger partial charge in [0.15, 0.2) is 0 Å². The summed E-state index contributed by atoms with van der Waals surface area (Å²) >= 11 is -0.385. The molecule has 0 amide bonds. The van der Waals surface area contributed by atoms with Crippen LogP contribution in [0.5, 0.6) is 0 Å². The first kappa shape index (κ1) is 56.5. The third-order valence-corrected chi connectivity index (χ3v) is 12.5. The van der Waals surface area contributed by atoms with Gasteiger partial charge < -0.3 is 0 Å². The molecule has 0 aromatic rings. The maximum Gasteiger partial charge on any atom is -0.147 e. The Morgan fingerprint density at radius 2 is 0.471 bits per heavy atom. The molecule has 51 heavy (non-hydrogen) atoms. The zero-order valence-corrected chi connectivity index (χ0v) is 38.8. The second-order valence-corrected chi connectivity index (χ2v) is 17.7. The molecule has 310 valence electrons. The summed E-state index contributed by atoms with van der Waals surface area (Å²) in [5, 5.41) is 0. The van der Waals surface area contributed by atoms with Crippen molar-refractivity contribution >= 4 is 24.8 Å². The van der Waals surface area contributed by atoms with Gasteiger partial charge in [-0.3, -0.25) is 0 Å². The number of nitrogens with zero attached hydrogens (tertiary/aromatic N) is 1. The first-order valence-corrected chi connectivity index (χ1v) is 24.8. The molecule has 0 aliphatic rings. The fourth-order valence-corrected chi connectivity index (χ4v) is 8.78. The molecular formula is C46H97Cl2NOTi. The third kappa shape index (κ3) is 51.2. The molecular weight excluding hydrogens is 701 g/mol. The molecule has 0 aromatic heterocycles. The van der Waals surface area contributed by atoms with Gasteiger partial charge in [-0.15, -0.1) is 24.8 Å². The molecule has 0 saturated heterocycles. The van der Waals surface area contributed by atoms with E-state index < -0.39 is 0 Å². The van der Waals surface area contributed by atoms with Crippen molar-refractivity contribution in [2.24, 2.45) is 0 Å². The van der Waals surface area contributed by atoms with Crippen molar-refractivity contribution in [1.82, 2.24) is 3.38 Å². The molecule has 5 heteroatoms. The smallest absolute Gasteiger partial charge is 0.147 e. The molecule has 0 rings (SSSR count). The second-order valence-electron chi connectivity index (χ2n) is 16.0. The summed E-state index contributed by atoms with van der Waals surface area (Å²) < 4.78 is 9.13. The summed E-state index contributed by atoms with van der Waals surface area (Å²) in [4.78, 5) is 0. The Bertz CT molecular complexity index is 533. The van der Waals surface area contributed by atoms with Crippen molar-refractivity contribution in [2.45, 2.75) is 278 Å². The standard InChI is InChI=1S/C36H74N.C10H21O.2ClH.Ti/c1-3-5-7-9-11-13-15-17-19-21-23-25-27-29-31-33-35-37-36-34-32-30-28-26-24-22-20-18-16-14-12-10-8-6-4-2;1-2-3-4-5-6-7-8-9-10-11;;;/h3-36H2,1-2H3;2-10H2,1H3;2*1H;/q2*-1;;;+2. The number of unbranched alkanes of at least 4 members (excludes halogenated alkanes) is 37. The van der Waals surface area contributed by atoms with Crippen LogP contribution in [0.2, 0.25) is 0 Å². The SMILES string of the molecule is CCCCCCCCCCCCCCCCCC[N](CCCCCCCCCCCCCCCCCC)[Ti][O]CCCCCCCCCC.Cl.Cl. The van der Waals surface area contributed by atoms with Crippen LogP contribution in [-0.4, -0.2) is 23.1 Å². The van der Waals surface area contributed by atoms with Crippen molar-refractivity contribution in [3.05, 3.63) is 0 Å². The second kappa shape index (κ2) is 53.3. The quantitative estimate of drug-likeness (QED) is 0.0449. The molecule has 0 saturated carbocycles. The fraction of sp³-hybridized carbons (Fsp3) is 1.00. The molecule has 2 nitrogen and oxygen atoms in total. The van der Waals surface area contributed by atoms with E-state index >= 15 is 0 Å². The fourth-order valence-electron chi connectivity index (χ4n) is 7.35. The summed E-state index contributed by atoms with van der Waals surface area (Å²) in [5.41, 5.74) is 0. The first-order valence-electron chi connectivity index (χ1n) is 23.5. The van der Waals surface area contributed by atoms with E-state index in [0.29, 0.717) is 0 Å². The number of hydrogen-bond donors (Lipinski definition) is 0. The van der Waals surface area contributed by atoms with Crippen LogP contribution in [0.4, 0.5) is 0 Å². The van der Waals surface area contributed by atoms with Gasteiger partial charge in [-0.25, -0.2) is 0 Å². The number of hydrogen-bond acceptors (Lipinski definition) is 2. The van der Waals surface area contributed by atoms with Gasteiger partial charge >= 0.3 is 233 Å². The van der Waals surface area contributed by atoms with Crippen molar-refractivity contribution in [1.29, 1.82) is 0 Å². The van der Waals surface area contributed by atoms with Gasteiger partial charge in [0.1, 0.15) is 0 Å². The van der Waals surface area contributed by atoms with Crippen molar-refractivity contribution in [2.75, 3.05) is 19.7 Å². The maximum atomic E-state index is 6.35. The predicted molar refractivity (Wildman–Crippen MR) is 234 cm³/mol. The van der Waals surface area contributed by atoms with E-state index in [1.807, 2.05) is 0 Å². The monoisotopic (exact) mass is 798 g/mol. The molecule has 0 fully saturated rings. The normalized spacial score (nSPS) is 11.2. The molecule has 0 aromatic carbocycles. The van der Waals surface area contributed by atoms with Crippen LogP contribution in [0.1, 0.15) is 278 Å². The van der Waals surface area contributed by atoms with Crippen molar-refractivity contribution in [3.63, 3.8) is 0 Å². The zero-order valence-electron chi connectivity index (χ0n) is 35.6. The van der Waals surface area contributed by atoms with E-state index in [0.717, 1.165) is 6.61 Å². The van der Waals surface area contributed by atoms with Gasteiger partial charge in [0.25, 0.3) is 0 Å². The minimum Gasteiger partial charge on any atom is -0.147 e. The molecule has 0 heterocycles. The largest absolute Gasteiger partial charge is 0.147 e. The summed E-state index contributed by atoms with van der Waals surface area (Å²) in [6, 6.07) is 0. The first-order chi connectivity index (χ1) is 24.3. The van der Waals surface area contributed by atoms with E-state index in [2.05, 4.69) is 24.2 Å². The Kier molecular flexibility index (Phi) is 59.1. The van der Waals surface area contributed by atoms with Gasteiger partial charge in [-0.05, 0) is 0 Å². The van der Waals surface area contributed by atoms with Gasteiger partial charge in [-0.2, -0.15) is 0 Å². The van der Waals surface area contributed by atoms with Crippen LogP contribution in [0.15, 0.2) is 0 Å². The van der Waals surface area contributed by atoms with E-state index in [4.69, 9.17) is 3.32 Å². The van der Waals surface area contributed by atoms with Crippen LogP contribution in [0.25, 0.3) is 0 Å². The summed E-state index contributed by atoms with van der Waals surface area (Å²) in [6.07, 6.45) is 57.7. The van der Waals surface area contributed by atoms with E-state index in [1.54, 1.807) is 0 Å². The maximum absolute atomic E-state index is 6.35. The Morgan fingerprint density at radius 3 is 0.706 bits per heavy atom. The topological polar surface area (TPSA) is 12.5 Å². The minimum atomic E-state index is -0.385. The Labute approximate surface area is 346 Å². The van der Waals surface area contributed by atoms with E-state index in [-0.39, 0.29) is 44.6 Å². The van der Waals surface area contributed by atoms with Crippen LogP contribution < -0.4 is 0 Å². The Morgan fingerprint density at radius 1 is 0.275 bits per heavy atom. The van der Waals surface area contributed by atoms with Gasteiger partial charge in [0.2, 0.25) is 0 Å². The van der Waals surface area contributed by atoms with Crippen LogP contribution >= 0.6 is 24.8 Å². The molecule has 0 unspecified atom stereocenters. The third-order valence-electron chi connectivity index (χ3n) is 10.9. The Hall–Kier alpha value is 1.21. The van der Waals surface area contributed by atoms with Crippen LogP contribution in [-0.2, 0) is 23.1 Å². The summed E-state index contributed by atoms with van der Waals surface area (Å²) in [5.74, 6) is 0. The predicted octanol–water partition coefficient (Wildman–Crippen LogP) is 17.7.